The molecule has 0 bridgehead atoms. The molecule has 0 aliphatic carbocycles. The molecule has 0 fully saturated rings. The van der Waals surface area contributed by atoms with Crippen molar-refractivity contribution in [1.82, 2.24) is 0 Å². The summed E-state index contributed by atoms with van der Waals surface area (Å²) in [4.78, 5) is 37.2. The number of likely N-dealkylation sites (N-methyl/N-ethyl adjacent to an activating group) is 1. The zero-order chi connectivity index (χ0) is 49.2. The van der Waals surface area contributed by atoms with Gasteiger partial charge in [-0.05, 0) is 83.5 Å². The van der Waals surface area contributed by atoms with E-state index in [-0.39, 0.29) is 38.6 Å². The molecule has 0 aromatic carbocycles. The minimum Gasteiger partial charge on any atom is -0.545 e. The zero-order valence-electron chi connectivity index (χ0n) is 43.5. The van der Waals surface area contributed by atoms with Gasteiger partial charge in [0.1, 0.15) is 13.2 Å². The number of carboxylic acid groups (broad SMARTS) is 1. The molecule has 0 N–H and O–H groups in total. The van der Waals surface area contributed by atoms with Crippen molar-refractivity contribution >= 4 is 17.9 Å². The number of hydrogen-bond acceptors (Lipinski definition) is 8. The Hall–Kier alpha value is -3.53. The van der Waals surface area contributed by atoms with Crippen LogP contribution in [-0.4, -0.2) is 82.3 Å². The molecular formula is C58H99NO8. The van der Waals surface area contributed by atoms with Crippen LogP contribution in [0, 0.1) is 0 Å². The summed E-state index contributed by atoms with van der Waals surface area (Å²) in [6.45, 7) is 4.49. The third-order valence-electron chi connectivity index (χ3n) is 11.1. The van der Waals surface area contributed by atoms with Crippen LogP contribution in [0.2, 0.25) is 0 Å². The number of esters is 2. The summed E-state index contributed by atoms with van der Waals surface area (Å²) in [5, 5.41) is 11.7. The van der Waals surface area contributed by atoms with Crippen LogP contribution < -0.4 is 5.11 Å². The van der Waals surface area contributed by atoms with Crippen molar-refractivity contribution in [2.75, 3.05) is 47.5 Å². The van der Waals surface area contributed by atoms with Crippen LogP contribution in [0.15, 0.2) is 85.1 Å². The topological polar surface area (TPSA) is 111 Å². The van der Waals surface area contributed by atoms with E-state index < -0.39 is 24.3 Å². The van der Waals surface area contributed by atoms with Crippen molar-refractivity contribution < 1.29 is 42.9 Å². The van der Waals surface area contributed by atoms with Crippen LogP contribution in [-0.2, 0) is 33.3 Å². The highest BCUT2D eigenvalue weighted by atomic mass is 16.7. The molecule has 0 aromatic rings. The van der Waals surface area contributed by atoms with Gasteiger partial charge in [0.25, 0.3) is 0 Å². The highest BCUT2D eigenvalue weighted by Gasteiger charge is 2.22. The van der Waals surface area contributed by atoms with Crippen molar-refractivity contribution in [3.63, 3.8) is 0 Å². The maximum Gasteiger partial charge on any atom is 0.306 e. The van der Waals surface area contributed by atoms with Gasteiger partial charge in [-0.25, -0.2) is 0 Å². The Morgan fingerprint density at radius 2 is 0.806 bits per heavy atom. The molecule has 0 saturated carbocycles. The van der Waals surface area contributed by atoms with Gasteiger partial charge in [-0.3, -0.25) is 9.59 Å². The van der Waals surface area contributed by atoms with Gasteiger partial charge in [0.05, 0.1) is 40.3 Å². The lowest BCUT2D eigenvalue weighted by atomic mass is 10.0. The zero-order valence-corrected chi connectivity index (χ0v) is 43.5. The Morgan fingerprint density at radius 1 is 0.448 bits per heavy atom. The number of aliphatic carboxylic acids is 1. The van der Waals surface area contributed by atoms with Crippen LogP contribution in [0.4, 0.5) is 0 Å². The summed E-state index contributed by atoms with van der Waals surface area (Å²) in [6, 6.07) is 0. The van der Waals surface area contributed by atoms with E-state index in [1.54, 1.807) is 0 Å². The largest absolute Gasteiger partial charge is 0.545 e. The van der Waals surface area contributed by atoms with Gasteiger partial charge in [-0.2, -0.15) is 0 Å². The summed E-state index contributed by atoms with van der Waals surface area (Å²) in [7, 11) is 5.91. The van der Waals surface area contributed by atoms with Crippen LogP contribution in [0.1, 0.15) is 206 Å². The lowest BCUT2D eigenvalue weighted by Gasteiger charge is -2.26. The van der Waals surface area contributed by atoms with Crippen molar-refractivity contribution in [3.05, 3.63) is 85.1 Å². The van der Waals surface area contributed by atoms with Crippen molar-refractivity contribution in [2.24, 2.45) is 0 Å². The van der Waals surface area contributed by atoms with E-state index in [9.17, 15) is 19.5 Å². The predicted octanol–water partition coefficient (Wildman–Crippen LogP) is 13.9. The summed E-state index contributed by atoms with van der Waals surface area (Å²) in [5.74, 6) is -2.31. The molecule has 0 aromatic heterocycles. The highest BCUT2D eigenvalue weighted by molar-refractivity contribution is 5.70. The lowest BCUT2D eigenvalue weighted by molar-refractivity contribution is -0.870. The van der Waals surface area contributed by atoms with Gasteiger partial charge in [-0.1, -0.05) is 195 Å². The van der Waals surface area contributed by atoms with Crippen LogP contribution in [0.25, 0.3) is 0 Å². The summed E-state index contributed by atoms with van der Waals surface area (Å²) < 4.78 is 22.6. The fourth-order valence-electron chi connectivity index (χ4n) is 7.07. The first-order valence-electron chi connectivity index (χ1n) is 26.7. The number of quaternary nitrogens is 1. The van der Waals surface area contributed by atoms with E-state index in [4.69, 9.17) is 18.9 Å². The average molecular weight is 938 g/mol. The number of carbonyl (C=O) groups excluding carboxylic acids is 3. The number of carboxylic acids is 1. The molecule has 2 unspecified atom stereocenters. The standard InChI is InChI=1S/C58H99NO8/c1-6-8-10-12-14-16-18-20-22-23-24-25-26-27-28-29-30-31-32-33-35-37-39-41-43-45-47-49-56(61)67-54(53-66-58(57(62)63)64-51-50-59(3,4)5)52-65-55(60)48-46-44-42-40-38-36-34-21-19-17-15-13-11-9-7-2/h8-11,14-17,20-22,24-25,34,54,58H,6-7,12-13,18-19,23,26-33,35-53H2,1-5H3/b10-8-,11-9-,16-14-,17-15-,22-20-,25-24-,34-21-. The number of nitrogens with zero attached hydrogens (tertiary/aromatic N) is 1. The van der Waals surface area contributed by atoms with E-state index in [1.807, 2.05) is 21.1 Å². The Kier molecular flexibility index (Phi) is 46.3. The quantitative estimate of drug-likeness (QED) is 0.0195. The van der Waals surface area contributed by atoms with Crippen LogP contribution in [0.3, 0.4) is 0 Å². The Balaban J connectivity index is 4.26. The number of ether oxygens (including phenoxy) is 4. The molecule has 9 nitrogen and oxygen atoms in total. The first kappa shape index (κ1) is 63.5. The van der Waals surface area contributed by atoms with Gasteiger partial charge in [0.2, 0.25) is 0 Å². The summed E-state index contributed by atoms with van der Waals surface area (Å²) in [6.07, 6.45) is 60.5. The van der Waals surface area contributed by atoms with Crippen molar-refractivity contribution in [2.45, 2.75) is 219 Å². The molecule has 0 saturated heterocycles. The molecular weight excluding hydrogens is 839 g/mol. The second kappa shape index (κ2) is 48.9. The lowest BCUT2D eigenvalue weighted by Crippen LogP contribution is -2.44. The van der Waals surface area contributed by atoms with E-state index >= 15 is 0 Å². The number of allylic oxidation sites excluding steroid dienone is 14. The van der Waals surface area contributed by atoms with Crippen molar-refractivity contribution in [3.8, 4) is 0 Å². The normalized spacial score (nSPS) is 13.5. The molecule has 0 heterocycles. The van der Waals surface area contributed by atoms with E-state index in [0.717, 1.165) is 103 Å². The fourth-order valence-corrected chi connectivity index (χ4v) is 7.07. The van der Waals surface area contributed by atoms with Crippen LogP contribution in [0.5, 0.6) is 0 Å². The number of carbonyl (C=O) groups is 3. The molecule has 0 rings (SSSR count). The van der Waals surface area contributed by atoms with E-state index in [1.165, 1.54) is 70.6 Å². The van der Waals surface area contributed by atoms with E-state index in [2.05, 4.69) is 98.9 Å². The maximum atomic E-state index is 12.8. The number of hydrogen-bond donors (Lipinski definition) is 0. The average Bonchev–Trinajstić information content (AvgIpc) is 3.29. The van der Waals surface area contributed by atoms with Gasteiger partial charge in [0, 0.05) is 12.8 Å². The molecule has 67 heavy (non-hydrogen) atoms. The first-order chi connectivity index (χ1) is 32.6. The highest BCUT2D eigenvalue weighted by Crippen LogP contribution is 2.15. The Bertz CT molecular complexity index is 1370. The van der Waals surface area contributed by atoms with Crippen LogP contribution >= 0.6 is 0 Å². The summed E-state index contributed by atoms with van der Waals surface area (Å²) in [5.41, 5.74) is 0. The molecule has 2 atom stereocenters. The monoisotopic (exact) mass is 938 g/mol. The predicted molar refractivity (Wildman–Crippen MR) is 278 cm³/mol. The Morgan fingerprint density at radius 3 is 1.19 bits per heavy atom. The second-order valence-electron chi connectivity index (χ2n) is 18.8. The minimum absolute atomic E-state index is 0.141. The molecule has 384 valence electrons. The first-order valence-corrected chi connectivity index (χ1v) is 26.7. The SMILES string of the molecule is CC/C=C\C/C=C\C/C=C\C/C=C\CCCCCCCCCCCCCCCCC(=O)OC(COC(=O)CCCCCCC/C=C\C/C=C\C/C=C\CC)COC(OCC[N+](C)(C)C)C(=O)[O-]. The maximum absolute atomic E-state index is 12.8. The van der Waals surface area contributed by atoms with E-state index in [0.29, 0.717) is 17.4 Å². The molecule has 0 amide bonds. The molecule has 0 aliphatic rings. The molecule has 9 heteroatoms. The number of unbranched alkanes of at least 4 members (excludes halogenated alkanes) is 19. The molecule has 0 spiro atoms. The number of rotatable bonds is 48. The van der Waals surface area contributed by atoms with Gasteiger partial charge in [-0.15, -0.1) is 0 Å². The third-order valence-corrected chi connectivity index (χ3v) is 11.1. The fraction of sp³-hybridized carbons (Fsp3) is 0.707. The van der Waals surface area contributed by atoms with Gasteiger partial charge in [0.15, 0.2) is 12.4 Å². The van der Waals surface area contributed by atoms with Gasteiger partial charge < -0.3 is 33.3 Å². The summed E-state index contributed by atoms with van der Waals surface area (Å²) >= 11 is 0. The molecule has 0 aliphatic heterocycles. The third kappa shape index (κ3) is 50.2. The Labute approximate surface area is 410 Å². The second-order valence-corrected chi connectivity index (χ2v) is 18.8. The smallest absolute Gasteiger partial charge is 0.306 e. The van der Waals surface area contributed by atoms with Crippen molar-refractivity contribution in [1.29, 1.82) is 0 Å². The minimum atomic E-state index is -1.63. The molecule has 0 radical (unpaired) electrons. The van der Waals surface area contributed by atoms with Gasteiger partial charge >= 0.3 is 11.9 Å².